The molecule has 3 nitrogen and oxygen atoms in total. The lowest BCUT2D eigenvalue weighted by molar-refractivity contribution is 0.300. The first-order valence-corrected chi connectivity index (χ1v) is 11.3. The van der Waals surface area contributed by atoms with Gasteiger partial charge in [0.05, 0.1) is 6.61 Å². The Kier molecular flexibility index (Phi) is 10.6. The Morgan fingerprint density at radius 1 is 0.857 bits per heavy atom. The van der Waals surface area contributed by atoms with E-state index in [1.54, 1.807) is 0 Å². The molecule has 2 rings (SSSR count). The zero-order valence-electron chi connectivity index (χ0n) is 18.1. The zero-order chi connectivity index (χ0) is 20.0. The topological polar surface area (TPSA) is 35.0 Å². The summed E-state index contributed by atoms with van der Waals surface area (Å²) in [5.41, 5.74) is 2.27. The summed E-state index contributed by atoms with van der Waals surface area (Å²) in [6, 6.07) is 8.15. The number of unbranched alkanes of at least 4 members (excludes halogenated alkanes) is 5. The molecule has 2 aromatic rings. The van der Waals surface area contributed by atoms with Crippen molar-refractivity contribution in [3.8, 4) is 17.1 Å². The Morgan fingerprint density at radius 3 is 2.25 bits per heavy atom. The number of benzene rings is 1. The smallest absolute Gasteiger partial charge is 0.159 e. The summed E-state index contributed by atoms with van der Waals surface area (Å²) in [7, 11) is 0. The van der Waals surface area contributed by atoms with Crippen LogP contribution < -0.4 is 4.74 Å². The molecule has 1 aromatic carbocycles. The van der Waals surface area contributed by atoms with Gasteiger partial charge < -0.3 is 4.74 Å². The van der Waals surface area contributed by atoms with Crippen molar-refractivity contribution in [2.75, 3.05) is 6.61 Å². The zero-order valence-corrected chi connectivity index (χ0v) is 18.1. The minimum Gasteiger partial charge on any atom is -0.494 e. The summed E-state index contributed by atoms with van der Waals surface area (Å²) in [4.78, 5) is 9.11. The molecule has 0 N–H and O–H groups in total. The first kappa shape index (κ1) is 22.4. The molecule has 0 fully saturated rings. The molecule has 0 aliphatic rings. The van der Waals surface area contributed by atoms with Gasteiger partial charge in [-0.3, -0.25) is 0 Å². The van der Waals surface area contributed by atoms with Crippen molar-refractivity contribution in [3.63, 3.8) is 0 Å². The number of aryl methyl sites for hydroxylation is 1. The van der Waals surface area contributed by atoms with Gasteiger partial charge >= 0.3 is 0 Å². The van der Waals surface area contributed by atoms with E-state index in [1.165, 1.54) is 56.9 Å². The third kappa shape index (κ3) is 8.41. The van der Waals surface area contributed by atoms with Crippen LogP contribution in [0.4, 0.5) is 0 Å². The summed E-state index contributed by atoms with van der Waals surface area (Å²) < 4.78 is 5.86. The van der Waals surface area contributed by atoms with Crippen molar-refractivity contribution in [1.29, 1.82) is 0 Å². The quantitative estimate of drug-likeness (QED) is 0.323. The van der Waals surface area contributed by atoms with Gasteiger partial charge in [-0.25, -0.2) is 9.97 Å². The van der Waals surface area contributed by atoms with Gasteiger partial charge in [0.25, 0.3) is 0 Å². The van der Waals surface area contributed by atoms with Crippen molar-refractivity contribution in [1.82, 2.24) is 9.97 Å². The summed E-state index contributed by atoms with van der Waals surface area (Å²) >= 11 is 0. The number of hydrogen-bond acceptors (Lipinski definition) is 3. The van der Waals surface area contributed by atoms with E-state index in [4.69, 9.17) is 4.74 Å². The monoisotopic (exact) mass is 382 g/mol. The van der Waals surface area contributed by atoms with Crippen LogP contribution in [0.2, 0.25) is 0 Å². The molecule has 0 bridgehead atoms. The Morgan fingerprint density at radius 2 is 1.57 bits per heavy atom. The van der Waals surface area contributed by atoms with Crippen LogP contribution in [0.3, 0.4) is 0 Å². The van der Waals surface area contributed by atoms with Crippen LogP contribution in [-0.4, -0.2) is 16.6 Å². The van der Waals surface area contributed by atoms with Crippen LogP contribution in [0.15, 0.2) is 36.7 Å². The molecule has 1 heterocycles. The summed E-state index contributed by atoms with van der Waals surface area (Å²) in [5, 5.41) is 0. The fourth-order valence-corrected chi connectivity index (χ4v) is 3.25. The molecule has 1 atom stereocenters. The van der Waals surface area contributed by atoms with E-state index in [9.17, 15) is 0 Å². The minimum absolute atomic E-state index is 0.787. The van der Waals surface area contributed by atoms with E-state index in [0.29, 0.717) is 0 Å². The highest BCUT2D eigenvalue weighted by Gasteiger charge is 2.03. The van der Waals surface area contributed by atoms with Gasteiger partial charge in [0.2, 0.25) is 0 Å². The van der Waals surface area contributed by atoms with Crippen LogP contribution in [-0.2, 0) is 6.42 Å². The van der Waals surface area contributed by atoms with Gasteiger partial charge in [-0.1, -0.05) is 59.3 Å². The lowest BCUT2D eigenvalue weighted by atomic mass is 10.0. The molecule has 3 heteroatoms. The fraction of sp³-hybridized carbons (Fsp3) is 0.600. The number of hydrogen-bond donors (Lipinski definition) is 0. The van der Waals surface area contributed by atoms with Gasteiger partial charge in [0, 0.05) is 18.0 Å². The SMILES string of the molecule is CCCCCCCc1cnc(-c2ccc(OCCCC[C@@H](C)CC)cc2)nc1. The van der Waals surface area contributed by atoms with Gasteiger partial charge in [0.15, 0.2) is 5.82 Å². The molecule has 0 aliphatic carbocycles. The maximum atomic E-state index is 5.86. The lowest BCUT2D eigenvalue weighted by Crippen LogP contribution is -1.99. The van der Waals surface area contributed by atoms with E-state index < -0.39 is 0 Å². The first-order valence-electron chi connectivity index (χ1n) is 11.3. The van der Waals surface area contributed by atoms with E-state index in [1.807, 2.05) is 36.7 Å². The van der Waals surface area contributed by atoms with Gasteiger partial charge in [-0.2, -0.15) is 0 Å². The molecule has 0 unspecified atom stereocenters. The van der Waals surface area contributed by atoms with Gasteiger partial charge in [-0.05, 0) is 61.4 Å². The predicted molar refractivity (Wildman–Crippen MR) is 119 cm³/mol. The molecule has 1 aromatic heterocycles. The Balaban J connectivity index is 1.73. The molecule has 0 amide bonds. The highest BCUT2D eigenvalue weighted by atomic mass is 16.5. The van der Waals surface area contributed by atoms with E-state index in [0.717, 1.165) is 42.5 Å². The van der Waals surface area contributed by atoms with Crippen molar-refractivity contribution in [2.45, 2.75) is 85.0 Å². The highest BCUT2D eigenvalue weighted by Crippen LogP contribution is 2.20. The van der Waals surface area contributed by atoms with E-state index in [2.05, 4.69) is 30.7 Å². The van der Waals surface area contributed by atoms with Crippen molar-refractivity contribution < 1.29 is 4.74 Å². The average molecular weight is 383 g/mol. The molecule has 0 saturated carbocycles. The molecular formula is C25H38N2O. The van der Waals surface area contributed by atoms with E-state index >= 15 is 0 Å². The molecule has 0 aliphatic heterocycles. The Hall–Kier alpha value is -1.90. The second kappa shape index (κ2) is 13.3. The van der Waals surface area contributed by atoms with Crippen molar-refractivity contribution >= 4 is 0 Å². The Labute approximate surface area is 172 Å². The summed E-state index contributed by atoms with van der Waals surface area (Å²) in [6.07, 6.45) is 16.5. The van der Waals surface area contributed by atoms with Crippen molar-refractivity contribution in [2.24, 2.45) is 5.92 Å². The standard InChI is InChI=1S/C25H38N2O/c1-4-6-7-8-9-13-22-19-26-25(27-20-22)23-14-16-24(17-15-23)28-18-11-10-12-21(3)5-2/h14-17,19-21H,4-13,18H2,1-3H3/t21-/m0/s1. The van der Waals surface area contributed by atoms with Gasteiger partial charge in [0.1, 0.15) is 5.75 Å². The molecule has 28 heavy (non-hydrogen) atoms. The third-order valence-electron chi connectivity index (χ3n) is 5.44. The van der Waals surface area contributed by atoms with Crippen LogP contribution in [0.25, 0.3) is 11.4 Å². The second-order valence-electron chi connectivity index (χ2n) is 7.96. The molecule has 0 radical (unpaired) electrons. The normalized spacial score (nSPS) is 12.1. The minimum atomic E-state index is 0.787. The number of rotatable bonds is 14. The van der Waals surface area contributed by atoms with Gasteiger partial charge in [-0.15, -0.1) is 0 Å². The van der Waals surface area contributed by atoms with Crippen LogP contribution in [0.1, 0.15) is 84.1 Å². The van der Waals surface area contributed by atoms with Crippen molar-refractivity contribution in [3.05, 3.63) is 42.2 Å². The number of aromatic nitrogens is 2. The summed E-state index contributed by atoms with van der Waals surface area (Å²) in [6.45, 7) is 7.62. The first-order chi connectivity index (χ1) is 13.7. The van der Waals surface area contributed by atoms with Crippen LogP contribution in [0, 0.1) is 5.92 Å². The largest absolute Gasteiger partial charge is 0.494 e. The maximum Gasteiger partial charge on any atom is 0.159 e. The predicted octanol–water partition coefficient (Wildman–Crippen LogP) is 7.25. The maximum absolute atomic E-state index is 5.86. The molecular weight excluding hydrogens is 344 g/mol. The highest BCUT2D eigenvalue weighted by molar-refractivity contribution is 5.55. The molecule has 0 spiro atoms. The number of nitrogens with zero attached hydrogens (tertiary/aromatic N) is 2. The summed E-state index contributed by atoms with van der Waals surface area (Å²) in [5.74, 6) is 2.54. The van der Waals surface area contributed by atoms with Crippen LogP contribution >= 0.6 is 0 Å². The molecule has 0 saturated heterocycles. The second-order valence-corrected chi connectivity index (χ2v) is 7.96. The fourth-order valence-electron chi connectivity index (χ4n) is 3.25. The molecule has 154 valence electrons. The average Bonchev–Trinajstić information content (AvgIpc) is 2.74. The third-order valence-corrected chi connectivity index (χ3v) is 5.44. The van der Waals surface area contributed by atoms with Crippen LogP contribution in [0.5, 0.6) is 5.75 Å². The Bertz CT molecular complexity index is 637. The van der Waals surface area contributed by atoms with E-state index in [-0.39, 0.29) is 0 Å². The number of ether oxygens (including phenoxy) is 1. The lowest BCUT2D eigenvalue weighted by Gasteiger charge is -2.09.